The first-order valence-corrected chi connectivity index (χ1v) is 9.48. The second kappa shape index (κ2) is 8.45. The van der Waals surface area contributed by atoms with Gasteiger partial charge in [0.05, 0.1) is 0 Å². The molecule has 0 atom stereocenters. The molecule has 0 aliphatic heterocycles. The van der Waals surface area contributed by atoms with Gasteiger partial charge in [-0.05, 0) is 80.4 Å². The van der Waals surface area contributed by atoms with E-state index in [1.54, 1.807) is 12.1 Å². The average Bonchev–Trinajstić information content (AvgIpc) is 2.55. The van der Waals surface area contributed by atoms with Gasteiger partial charge in [-0.15, -0.1) is 0 Å². The molecule has 2 fully saturated rings. The number of hydrogen-bond donors (Lipinski definition) is 0. The van der Waals surface area contributed by atoms with Gasteiger partial charge < -0.3 is 0 Å². The molecule has 2 heteroatoms. The van der Waals surface area contributed by atoms with E-state index in [0.717, 1.165) is 36.2 Å². The smallest absolute Gasteiger partial charge is 0.129 e. The van der Waals surface area contributed by atoms with Crippen molar-refractivity contribution in [2.24, 2.45) is 17.8 Å². The maximum atomic E-state index is 13.8. The van der Waals surface area contributed by atoms with E-state index in [-0.39, 0.29) is 13.0 Å². The van der Waals surface area contributed by atoms with Crippen LogP contribution in [0.2, 0.25) is 0 Å². The van der Waals surface area contributed by atoms with Crippen LogP contribution in [0.5, 0.6) is 0 Å². The van der Waals surface area contributed by atoms with E-state index in [0.29, 0.717) is 5.92 Å². The van der Waals surface area contributed by atoms with Crippen molar-refractivity contribution in [2.75, 3.05) is 0 Å². The summed E-state index contributed by atoms with van der Waals surface area (Å²) in [6, 6.07) is 3.12. The molecule has 24 heavy (non-hydrogen) atoms. The quantitative estimate of drug-likeness (QED) is 0.539. The third kappa shape index (κ3) is 4.58. The van der Waals surface area contributed by atoms with E-state index in [2.05, 4.69) is 6.92 Å². The Labute approximate surface area is 147 Å². The van der Waals surface area contributed by atoms with Crippen LogP contribution in [-0.2, 0) is 0 Å². The molecule has 0 nitrogen and oxygen atoms in total. The molecule has 2 aliphatic rings. The molecule has 0 radical (unpaired) electrons. The molecule has 2 aliphatic carbocycles. The molecule has 3 rings (SSSR count). The summed E-state index contributed by atoms with van der Waals surface area (Å²) in [7, 11) is 0. The first-order valence-electron chi connectivity index (χ1n) is 9.48. The lowest BCUT2D eigenvalue weighted by atomic mass is 9.72. The van der Waals surface area contributed by atoms with Gasteiger partial charge in [0.25, 0.3) is 0 Å². The SMILES string of the molecule is C.Cc1c(F)cc(C2CCC(CC3CCC(C)CC3)CC2)cc1F. The molecule has 0 bridgehead atoms. The minimum absolute atomic E-state index is 0. The van der Waals surface area contributed by atoms with Gasteiger partial charge in [0.15, 0.2) is 0 Å². The molecule has 2 saturated carbocycles. The topological polar surface area (TPSA) is 0 Å². The van der Waals surface area contributed by atoms with E-state index in [1.165, 1.54) is 51.9 Å². The molecule has 0 saturated heterocycles. The van der Waals surface area contributed by atoms with Crippen LogP contribution in [0.3, 0.4) is 0 Å². The summed E-state index contributed by atoms with van der Waals surface area (Å²) < 4.78 is 27.5. The van der Waals surface area contributed by atoms with Gasteiger partial charge in [-0.1, -0.05) is 40.0 Å². The Hall–Kier alpha value is -0.920. The zero-order chi connectivity index (χ0) is 16.4. The second-order valence-electron chi connectivity index (χ2n) is 8.19. The summed E-state index contributed by atoms with van der Waals surface area (Å²) >= 11 is 0. The fourth-order valence-corrected chi connectivity index (χ4v) is 4.67. The highest BCUT2D eigenvalue weighted by atomic mass is 19.1. The summed E-state index contributed by atoms with van der Waals surface area (Å²) in [5.74, 6) is 2.26. The maximum Gasteiger partial charge on any atom is 0.129 e. The molecule has 0 heterocycles. The maximum absolute atomic E-state index is 13.8. The summed E-state index contributed by atoms with van der Waals surface area (Å²) in [4.78, 5) is 0. The summed E-state index contributed by atoms with van der Waals surface area (Å²) in [5, 5.41) is 0. The zero-order valence-electron chi connectivity index (χ0n) is 14.6. The molecular formula is C22H34F2. The van der Waals surface area contributed by atoms with Crippen molar-refractivity contribution in [3.63, 3.8) is 0 Å². The Morgan fingerprint density at radius 1 is 0.833 bits per heavy atom. The van der Waals surface area contributed by atoms with E-state index in [1.807, 2.05) is 0 Å². The largest absolute Gasteiger partial charge is 0.207 e. The molecular weight excluding hydrogens is 302 g/mol. The minimum atomic E-state index is -0.390. The fraction of sp³-hybridized carbons (Fsp3) is 0.727. The average molecular weight is 337 g/mol. The summed E-state index contributed by atoms with van der Waals surface area (Å²) in [6.45, 7) is 3.89. The Kier molecular flexibility index (Phi) is 6.83. The lowest BCUT2D eigenvalue weighted by Gasteiger charge is -2.33. The van der Waals surface area contributed by atoms with E-state index < -0.39 is 11.6 Å². The zero-order valence-corrected chi connectivity index (χ0v) is 14.6. The third-order valence-corrected chi connectivity index (χ3v) is 6.42. The first-order chi connectivity index (χ1) is 11.0. The van der Waals surface area contributed by atoms with E-state index in [9.17, 15) is 8.78 Å². The van der Waals surface area contributed by atoms with Crippen molar-refractivity contribution in [1.82, 2.24) is 0 Å². The molecule has 1 aromatic rings. The number of rotatable bonds is 3. The standard InChI is InChI=1S/C21H30F2.CH4/c1-14-3-5-16(6-4-14)11-17-7-9-18(10-8-17)19-12-20(22)15(2)21(23)13-19;/h12-14,16-18H,3-11H2,1-2H3;1H4. The van der Waals surface area contributed by atoms with Crippen LogP contribution in [0.15, 0.2) is 12.1 Å². The lowest BCUT2D eigenvalue weighted by molar-refractivity contribution is 0.211. The van der Waals surface area contributed by atoms with Gasteiger partial charge in [-0.2, -0.15) is 0 Å². The molecule has 0 aromatic heterocycles. The molecule has 1 aromatic carbocycles. The van der Waals surface area contributed by atoms with Crippen molar-refractivity contribution in [1.29, 1.82) is 0 Å². The van der Waals surface area contributed by atoms with Crippen LogP contribution in [0, 0.1) is 36.3 Å². The van der Waals surface area contributed by atoms with Crippen LogP contribution >= 0.6 is 0 Å². The van der Waals surface area contributed by atoms with Gasteiger partial charge in [0.1, 0.15) is 11.6 Å². The highest BCUT2D eigenvalue weighted by molar-refractivity contribution is 5.28. The van der Waals surface area contributed by atoms with Gasteiger partial charge in [-0.25, -0.2) is 8.78 Å². The second-order valence-corrected chi connectivity index (χ2v) is 8.19. The molecule has 0 amide bonds. The highest BCUT2D eigenvalue weighted by Gasteiger charge is 2.27. The Morgan fingerprint density at radius 3 is 1.79 bits per heavy atom. The van der Waals surface area contributed by atoms with Crippen LogP contribution in [0.25, 0.3) is 0 Å². The monoisotopic (exact) mass is 336 g/mol. The third-order valence-electron chi connectivity index (χ3n) is 6.42. The molecule has 0 spiro atoms. The van der Waals surface area contributed by atoms with Crippen LogP contribution < -0.4 is 0 Å². The van der Waals surface area contributed by atoms with Crippen molar-refractivity contribution >= 4 is 0 Å². The Morgan fingerprint density at radius 2 is 1.29 bits per heavy atom. The number of benzene rings is 1. The predicted octanol–water partition coefficient (Wildman–Crippen LogP) is 7.40. The minimum Gasteiger partial charge on any atom is -0.207 e. The highest BCUT2D eigenvalue weighted by Crippen LogP contribution is 2.41. The van der Waals surface area contributed by atoms with Gasteiger partial charge in [-0.3, -0.25) is 0 Å². The Balaban J connectivity index is 0.00000208. The van der Waals surface area contributed by atoms with E-state index in [4.69, 9.17) is 0 Å². The van der Waals surface area contributed by atoms with Crippen molar-refractivity contribution < 1.29 is 8.78 Å². The van der Waals surface area contributed by atoms with Crippen molar-refractivity contribution in [2.45, 2.75) is 85.0 Å². The van der Waals surface area contributed by atoms with Gasteiger partial charge >= 0.3 is 0 Å². The van der Waals surface area contributed by atoms with Crippen molar-refractivity contribution in [3.8, 4) is 0 Å². The number of hydrogen-bond acceptors (Lipinski definition) is 0. The molecule has 136 valence electrons. The van der Waals surface area contributed by atoms with Gasteiger partial charge in [0, 0.05) is 5.56 Å². The van der Waals surface area contributed by atoms with Crippen LogP contribution in [0.4, 0.5) is 8.78 Å². The summed E-state index contributed by atoms with van der Waals surface area (Å²) in [6.07, 6.45) is 11.7. The van der Waals surface area contributed by atoms with E-state index >= 15 is 0 Å². The van der Waals surface area contributed by atoms with Crippen LogP contribution in [0.1, 0.15) is 89.2 Å². The fourth-order valence-electron chi connectivity index (χ4n) is 4.67. The molecule has 0 N–H and O–H groups in total. The normalized spacial score (nSPS) is 30.7. The predicted molar refractivity (Wildman–Crippen MR) is 98.3 cm³/mol. The first kappa shape index (κ1) is 19.4. The van der Waals surface area contributed by atoms with Crippen molar-refractivity contribution in [3.05, 3.63) is 34.9 Å². The summed E-state index contributed by atoms with van der Waals surface area (Å²) in [5.41, 5.74) is 1.02. The molecule has 0 unspecified atom stereocenters. The van der Waals surface area contributed by atoms with Crippen LogP contribution in [-0.4, -0.2) is 0 Å². The Bertz CT molecular complexity index is 498. The number of halogens is 2. The lowest BCUT2D eigenvalue weighted by Crippen LogP contribution is -2.19. The van der Waals surface area contributed by atoms with Gasteiger partial charge in [0.2, 0.25) is 0 Å².